The molecule has 106 valence electrons. The Morgan fingerprint density at radius 1 is 1.29 bits per heavy atom. The van der Waals surface area contributed by atoms with E-state index in [9.17, 15) is 0 Å². The largest absolute Gasteiger partial charge is 0.256 e. The van der Waals surface area contributed by atoms with Crippen LogP contribution >= 0.6 is 0 Å². The van der Waals surface area contributed by atoms with Crippen LogP contribution in [-0.2, 0) is 6.42 Å². The van der Waals surface area contributed by atoms with Crippen LogP contribution in [0.5, 0.6) is 0 Å². The average Bonchev–Trinajstić information content (AvgIpc) is 2.56. The van der Waals surface area contributed by atoms with Crippen molar-refractivity contribution in [1.29, 1.82) is 0 Å². The maximum absolute atomic E-state index is 4.49. The molecule has 5 rings (SSSR count). The lowest BCUT2D eigenvalue weighted by Crippen LogP contribution is -2.40. The number of aromatic nitrogens is 1. The van der Waals surface area contributed by atoms with Crippen molar-refractivity contribution in [1.82, 2.24) is 4.98 Å². The molecule has 2 heteroatoms. The summed E-state index contributed by atoms with van der Waals surface area (Å²) >= 11 is 0. The molecule has 1 nitrogen and oxygen atoms in total. The minimum Gasteiger partial charge on any atom is -0.256 e. The summed E-state index contributed by atoms with van der Waals surface area (Å²) in [5.41, 5.74) is 2.63. The zero-order valence-corrected chi connectivity index (χ0v) is 12.5. The van der Waals surface area contributed by atoms with Gasteiger partial charge in [-0.2, -0.15) is 0 Å². The molecule has 2 aromatic rings. The van der Waals surface area contributed by atoms with Crippen molar-refractivity contribution in [2.45, 2.75) is 37.7 Å². The lowest BCUT2D eigenvalue weighted by atomic mass is 9.26. The third kappa shape index (κ3) is 2.31. The summed E-state index contributed by atoms with van der Waals surface area (Å²) in [6, 6.07) is 10.8. The van der Waals surface area contributed by atoms with E-state index in [2.05, 4.69) is 48.0 Å². The fourth-order valence-corrected chi connectivity index (χ4v) is 4.76. The van der Waals surface area contributed by atoms with E-state index in [-0.39, 0.29) is 0 Å². The summed E-state index contributed by atoms with van der Waals surface area (Å²) in [5, 5.41) is 1.35. The SMILES string of the molecule is C=CC1CB2CCC1CC2Cc1ccnc2ccccc12. The monoisotopic (exact) mass is 275 g/mol. The topological polar surface area (TPSA) is 12.9 Å². The summed E-state index contributed by atoms with van der Waals surface area (Å²) in [5.74, 6) is 2.55. The fourth-order valence-electron chi connectivity index (χ4n) is 4.76. The first kappa shape index (κ1) is 13.1. The van der Waals surface area contributed by atoms with Gasteiger partial charge in [0.2, 0.25) is 0 Å². The van der Waals surface area contributed by atoms with Crippen LogP contribution in [0, 0.1) is 11.8 Å². The summed E-state index contributed by atoms with van der Waals surface area (Å²) in [6.45, 7) is 4.95. The second-order valence-corrected chi connectivity index (χ2v) is 6.92. The van der Waals surface area contributed by atoms with E-state index in [1.165, 1.54) is 42.9 Å². The molecule has 0 radical (unpaired) electrons. The predicted octanol–water partition coefficient (Wildman–Crippen LogP) is 4.87. The summed E-state index contributed by atoms with van der Waals surface area (Å²) in [6.07, 6.45) is 11.1. The van der Waals surface area contributed by atoms with Gasteiger partial charge in [0.05, 0.1) is 5.52 Å². The first-order valence-corrected chi connectivity index (χ1v) is 8.30. The molecule has 3 fully saturated rings. The minimum absolute atomic E-state index is 0.786. The van der Waals surface area contributed by atoms with Crippen LogP contribution in [0.3, 0.4) is 0 Å². The Morgan fingerprint density at radius 2 is 2.19 bits per heavy atom. The summed E-state index contributed by atoms with van der Waals surface area (Å²) < 4.78 is 0. The lowest BCUT2D eigenvalue weighted by molar-refractivity contribution is 0.316. The van der Waals surface area contributed by atoms with Crippen molar-refractivity contribution < 1.29 is 0 Å². The Balaban J connectivity index is 1.60. The Morgan fingerprint density at radius 3 is 3.00 bits per heavy atom. The third-order valence-corrected chi connectivity index (χ3v) is 5.89. The van der Waals surface area contributed by atoms with Crippen LogP contribution in [0.25, 0.3) is 10.9 Å². The number of hydrogen-bond acceptors (Lipinski definition) is 1. The molecule has 0 amide bonds. The highest BCUT2D eigenvalue weighted by atomic mass is 14.6. The summed E-state index contributed by atoms with van der Waals surface area (Å²) in [7, 11) is 0. The highest BCUT2D eigenvalue weighted by Crippen LogP contribution is 2.49. The Labute approximate surface area is 127 Å². The predicted molar refractivity (Wildman–Crippen MR) is 91.0 cm³/mol. The van der Waals surface area contributed by atoms with Crippen molar-refractivity contribution in [2.24, 2.45) is 11.8 Å². The van der Waals surface area contributed by atoms with Crippen molar-refractivity contribution in [2.75, 3.05) is 0 Å². The molecule has 2 bridgehead atoms. The normalized spacial score (nSPS) is 28.0. The van der Waals surface area contributed by atoms with Gasteiger partial charge in [-0.25, -0.2) is 0 Å². The molecule has 4 heterocycles. The van der Waals surface area contributed by atoms with Gasteiger partial charge in [-0.05, 0) is 36.0 Å². The van der Waals surface area contributed by atoms with Crippen molar-refractivity contribution >= 4 is 17.6 Å². The average molecular weight is 275 g/mol. The lowest BCUT2D eigenvalue weighted by Gasteiger charge is -2.45. The number of benzene rings is 1. The zero-order valence-electron chi connectivity index (χ0n) is 12.5. The van der Waals surface area contributed by atoms with Gasteiger partial charge in [-0.3, -0.25) is 4.98 Å². The van der Waals surface area contributed by atoms with E-state index in [0.717, 1.165) is 29.9 Å². The molecule has 3 aliphatic heterocycles. The zero-order chi connectivity index (χ0) is 14.2. The molecular formula is C19H22BN. The highest BCUT2D eigenvalue weighted by molar-refractivity contribution is 6.61. The maximum Gasteiger partial charge on any atom is 0.144 e. The van der Waals surface area contributed by atoms with Crippen LogP contribution in [0.15, 0.2) is 49.2 Å². The first-order chi connectivity index (χ1) is 10.3. The maximum atomic E-state index is 4.49. The minimum atomic E-state index is 0.786. The molecule has 3 aliphatic rings. The van der Waals surface area contributed by atoms with Crippen LogP contribution in [0.4, 0.5) is 0 Å². The molecule has 0 spiro atoms. The van der Waals surface area contributed by atoms with Crippen molar-refractivity contribution in [3.05, 3.63) is 54.7 Å². The highest BCUT2D eigenvalue weighted by Gasteiger charge is 2.42. The summed E-state index contributed by atoms with van der Waals surface area (Å²) in [4.78, 5) is 4.49. The third-order valence-electron chi connectivity index (χ3n) is 5.89. The van der Waals surface area contributed by atoms with Gasteiger partial charge in [0.1, 0.15) is 6.71 Å². The second-order valence-electron chi connectivity index (χ2n) is 6.92. The standard InChI is InChI=1S/C19H22BN/c1-2-14-13-20-9-7-15(14)11-17(20)12-16-8-10-21-19-6-4-3-5-18(16)19/h2-6,8,10,14-15,17H,1,7,9,11-13H2. The van der Waals surface area contributed by atoms with Crippen molar-refractivity contribution in [3.8, 4) is 0 Å². The molecule has 0 saturated carbocycles. The Kier molecular flexibility index (Phi) is 3.33. The molecular weight excluding hydrogens is 253 g/mol. The molecule has 0 aliphatic carbocycles. The van der Waals surface area contributed by atoms with Crippen LogP contribution in [0.1, 0.15) is 18.4 Å². The van der Waals surface area contributed by atoms with E-state index in [0.29, 0.717) is 0 Å². The smallest absolute Gasteiger partial charge is 0.144 e. The van der Waals surface area contributed by atoms with Gasteiger partial charge in [-0.15, -0.1) is 6.58 Å². The molecule has 3 saturated heterocycles. The van der Waals surface area contributed by atoms with Gasteiger partial charge in [0, 0.05) is 11.6 Å². The molecule has 1 aromatic carbocycles. The van der Waals surface area contributed by atoms with Crippen molar-refractivity contribution in [3.63, 3.8) is 0 Å². The number of pyridine rings is 1. The Hall–Kier alpha value is -1.57. The van der Waals surface area contributed by atoms with Gasteiger partial charge in [0.15, 0.2) is 0 Å². The molecule has 21 heavy (non-hydrogen) atoms. The molecule has 3 atom stereocenters. The van der Waals surface area contributed by atoms with E-state index < -0.39 is 0 Å². The van der Waals surface area contributed by atoms with Gasteiger partial charge >= 0.3 is 0 Å². The van der Waals surface area contributed by atoms with Crippen LogP contribution < -0.4 is 0 Å². The molecule has 3 unspecified atom stereocenters. The number of fused-ring (bicyclic) bond motifs is 4. The van der Waals surface area contributed by atoms with Gasteiger partial charge in [-0.1, -0.05) is 55.6 Å². The van der Waals surface area contributed by atoms with E-state index in [1.54, 1.807) is 0 Å². The quantitative estimate of drug-likeness (QED) is 0.575. The number of allylic oxidation sites excluding steroid dienone is 1. The number of hydrogen-bond donors (Lipinski definition) is 0. The number of nitrogens with zero attached hydrogens (tertiary/aromatic N) is 1. The van der Waals surface area contributed by atoms with Crippen LogP contribution in [-0.4, -0.2) is 11.7 Å². The first-order valence-electron chi connectivity index (χ1n) is 8.30. The number of rotatable bonds is 3. The van der Waals surface area contributed by atoms with E-state index in [1.807, 2.05) is 6.20 Å². The van der Waals surface area contributed by atoms with Gasteiger partial charge in [0.25, 0.3) is 0 Å². The van der Waals surface area contributed by atoms with E-state index in [4.69, 9.17) is 0 Å². The fraction of sp³-hybridized carbons (Fsp3) is 0.421. The van der Waals surface area contributed by atoms with E-state index >= 15 is 0 Å². The van der Waals surface area contributed by atoms with Gasteiger partial charge < -0.3 is 0 Å². The molecule has 1 aromatic heterocycles. The Bertz CT molecular complexity index is 660. The second kappa shape index (κ2) is 5.33. The van der Waals surface area contributed by atoms with Crippen LogP contribution in [0.2, 0.25) is 18.5 Å². The molecule has 0 N–H and O–H groups in total. The number of para-hydroxylation sites is 1.